The number of carbonyl (C=O) groups excluding carboxylic acids is 1. The highest BCUT2D eigenvalue weighted by Crippen LogP contribution is 2.31. The molecule has 0 unspecified atom stereocenters. The summed E-state index contributed by atoms with van der Waals surface area (Å²) in [6, 6.07) is 5.94. The summed E-state index contributed by atoms with van der Waals surface area (Å²) >= 11 is 3.46. The summed E-state index contributed by atoms with van der Waals surface area (Å²) in [7, 11) is 1.88. The Morgan fingerprint density at radius 2 is 2.32 bits per heavy atom. The standard InChI is InChI=1S/C16H20BrN3O2/c1-20-14-5-4-12(17)10-13(14)16(19-20)22-9-7-15(21)18-8-6-11-2-3-11/h4-5,10-11H,2-3,6-9H2,1H3,(H,18,21). The molecule has 1 N–H and O–H groups in total. The van der Waals surface area contributed by atoms with Gasteiger partial charge in [-0.2, -0.15) is 0 Å². The first-order valence-electron chi connectivity index (χ1n) is 7.65. The minimum absolute atomic E-state index is 0.0436. The first-order chi connectivity index (χ1) is 10.6. The lowest BCUT2D eigenvalue weighted by molar-refractivity contribution is -0.121. The monoisotopic (exact) mass is 365 g/mol. The van der Waals surface area contributed by atoms with Crippen LogP contribution >= 0.6 is 15.9 Å². The van der Waals surface area contributed by atoms with Crippen molar-refractivity contribution in [3.05, 3.63) is 22.7 Å². The van der Waals surface area contributed by atoms with Crippen LogP contribution in [0.4, 0.5) is 0 Å². The molecule has 1 aromatic carbocycles. The molecule has 118 valence electrons. The third kappa shape index (κ3) is 3.80. The first kappa shape index (κ1) is 15.3. The Morgan fingerprint density at radius 1 is 1.50 bits per heavy atom. The van der Waals surface area contributed by atoms with Crippen LogP contribution < -0.4 is 10.1 Å². The molecule has 2 aromatic rings. The number of rotatable bonds is 7. The van der Waals surface area contributed by atoms with Gasteiger partial charge < -0.3 is 10.1 Å². The van der Waals surface area contributed by atoms with Crippen LogP contribution in [0.1, 0.15) is 25.7 Å². The van der Waals surface area contributed by atoms with Gasteiger partial charge in [0.05, 0.1) is 23.9 Å². The van der Waals surface area contributed by atoms with Gasteiger partial charge in [-0.25, -0.2) is 0 Å². The average molecular weight is 366 g/mol. The first-order valence-corrected chi connectivity index (χ1v) is 8.44. The van der Waals surface area contributed by atoms with Gasteiger partial charge in [0.25, 0.3) is 0 Å². The summed E-state index contributed by atoms with van der Waals surface area (Å²) in [6.45, 7) is 1.12. The molecular formula is C16H20BrN3O2. The van der Waals surface area contributed by atoms with Crippen LogP contribution in [0, 0.1) is 5.92 Å². The fraction of sp³-hybridized carbons (Fsp3) is 0.500. The van der Waals surface area contributed by atoms with Crippen LogP contribution in [0.3, 0.4) is 0 Å². The molecule has 3 rings (SSSR count). The molecular weight excluding hydrogens is 346 g/mol. The lowest BCUT2D eigenvalue weighted by Crippen LogP contribution is -2.26. The molecule has 0 bridgehead atoms. The van der Waals surface area contributed by atoms with Crippen LogP contribution in [-0.4, -0.2) is 28.8 Å². The smallest absolute Gasteiger partial charge is 0.240 e. The van der Waals surface area contributed by atoms with Crippen molar-refractivity contribution in [1.82, 2.24) is 15.1 Å². The number of aromatic nitrogens is 2. The van der Waals surface area contributed by atoms with Gasteiger partial charge in [-0.15, -0.1) is 5.10 Å². The van der Waals surface area contributed by atoms with E-state index in [2.05, 4.69) is 26.3 Å². The van der Waals surface area contributed by atoms with Gasteiger partial charge in [0.15, 0.2) is 0 Å². The van der Waals surface area contributed by atoms with Crippen molar-refractivity contribution < 1.29 is 9.53 Å². The number of benzene rings is 1. The molecule has 0 aliphatic heterocycles. The molecule has 1 aromatic heterocycles. The van der Waals surface area contributed by atoms with E-state index in [1.807, 2.05) is 25.2 Å². The lowest BCUT2D eigenvalue weighted by Gasteiger charge is -2.05. The second-order valence-corrected chi connectivity index (χ2v) is 6.69. The van der Waals surface area contributed by atoms with Crippen LogP contribution in [-0.2, 0) is 11.8 Å². The molecule has 0 spiro atoms. The number of fused-ring (bicyclic) bond motifs is 1. The number of ether oxygens (including phenoxy) is 1. The number of hydrogen-bond acceptors (Lipinski definition) is 3. The van der Waals surface area contributed by atoms with Gasteiger partial charge in [-0.3, -0.25) is 9.48 Å². The Morgan fingerprint density at radius 3 is 3.09 bits per heavy atom. The van der Waals surface area contributed by atoms with Crippen LogP contribution in [0.2, 0.25) is 0 Å². The summed E-state index contributed by atoms with van der Waals surface area (Å²) in [5.74, 6) is 1.46. The molecule has 0 saturated heterocycles. The van der Waals surface area contributed by atoms with Crippen molar-refractivity contribution in [2.45, 2.75) is 25.7 Å². The van der Waals surface area contributed by atoms with Gasteiger partial charge in [0.1, 0.15) is 0 Å². The molecule has 5 nitrogen and oxygen atoms in total. The second-order valence-electron chi connectivity index (χ2n) is 5.77. The van der Waals surface area contributed by atoms with E-state index in [1.165, 1.54) is 12.8 Å². The van der Waals surface area contributed by atoms with E-state index >= 15 is 0 Å². The highest BCUT2D eigenvalue weighted by atomic mass is 79.9. The summed E-state index contributed by atoms with van der Waals surface area (Å²) in [4.78, 5) is 11.7. The summed E-state index contributed by atoms with van der Waals surface area (Å²) in [5, 5.41) is 8.25. The van der Waals surface area contributed by atoms with Crippen LogP contribution in [0.25, 0.3) is 10.9 Å². The van der Waals surface area contributed by atoms with Crippen molar-refractivity contribution in [3.63, 3.8) is 0 Å². The summed E-state index contributed by atoms with van der Waals surface area (Å²) < 4.78 is 8.46. The van der Waals surface area contributed by atoms with Crippen LogP contribution in [0.15, 0.2) is 22.7 Å². The third-order valence-corrected chi connectivity index (χ3v) is 4.41. The normalized spacial score (nSPS) is 14.3. The van der Waals surface area contributed by atoms with E-state index in [9.17, 15) is 4.79 Å². The third-order valence-electron chi connectivity index (χ3n) is 3.92. The second kappa shape index (κ2) is 6.69. The Balaban J connectivity index is 1.50. The molecule has 1 saturated carbocycles. The molecule has 1 heterocycles. The predicted octanol–water partition coefficient (Wildman–Crippen LogP) is 3.02. The largest absolute Gasteiger partial charge is 0.476 e. The minimum atomic E-state index is 0.0436. The highest BCUT2D eigenvalue weighted by Gasteiger charge is 2.20. The van der Waals surface area contributed by atoms with E-state index in [0.29, 0.717) is 18.9 Å². The van der Waals surface area contributed by atoms with E-state index in [4.69, 9.17) is 4.74 Å². The average Bonchev–Trinajstić information content (AvgIpc) is 3.25. The number of nitrogens with one attached hydrogen (secondary N) is 1. The van der Waals surface area contributed by atoms with Crippen molar-refractivity contribution in [1.29, 1.82) is 0 Å². The maximum Gasteiger partial charge on any atom is 0.240 e. The molecule has 1 fully saturated rings. The fourth-order valence-electron chi connectivity index (χ4n) is 2.46. The van der Waals surface area contributed by atoms with Gasteiger partial charge in [-0.1, -0.05) is 28.8 Å². The zero-order valence-corrected chi connectivity index (χ0v) is 14.2. The topological polar surface area (TPSA) is 56.2 Å². The maximum absolute atomic E-state index is 11.7. The SMILES string of the molecule is Cn1nc(OCCC(=O)NCCC2CC2)c2cc(Br)ccc21. The van der Waals surface area contributed by atoms with Gasteiger partial charge in [0.2, 0.25) is 11.8 Å². The van der Waals surface area contributed by atoms with Gasteiger partial charge >= 0.3 is 0 Å². The molecule has 1 aliphatic carbocycles. The summed E-state index contributed by atoms with van der Waals surface area (Å²) in [5.41, 5.74) is 1.01. The molecule has 0 atom stereocenters. The zero-order valence-electron chi connectivity index (χ0n) is 12.6. The van der Waals surface area contributed by atoms with Gasteiger partial charge in [0, 0.05) is 18.1 Å². The Hall–Kier alpha value is -1.56. The lowest BCUT2D eigenvalue weighted by atomic mass is 10.2. The summed E-state index contributed by atoms with van der Waals surface area (Å²) in [6.07, 6.45) is 4.10. The predicted molar refractivity (Wildman–Crippen MR) is 88.9 cm³/mol. The minimum Gasteiger partial charge on any atom is -0.476 e. The number of carbonyl (C=O) groups is 1. The molecule has 0 radical (unpaired) electrons. The molecule has 22 heavy (non-hydrogen) atoms. The number of amides is 1. The van der Waals surface area contributed by atoms with E-state index in [0.717, 1.165) is 34.3 Å². The highest BCUT2D eigenvalue weighted by molar-refractivity contribution is 9.10. The van der Waals surface area contributed by atoms with Crippen molar-refractivity contribution in [2.75, 3.05) is 13.2 Å². The van der Waals surface area contributed by atoms with E-state index in [-0.39, 0.29) is 5.91 Å². The van der Waals surface area contributed by atoms with Gasteiger partial charge in [-0.05, 0) is 30.5 Å². The Labute approximate surface area is 138 Å². The molecule has 1 aliphatic rings. The maximum atomic E-state index is 11.7. The Bertz CT molecular complexity index is 679. The number of hydrogen-bond donors (Lipinski definition) is 1. The van der Waals surface area contributed by atoms with E-state index in [1.54, 1.807) is 4.68 Å². The van der Waals surface area contributed by atoms with Crippen LogP contribution in [0.5, 0.6) is 5.88 Å². The quantitative estimate of drug-likeness (QED) is 0.820. The number of aryl methyl sites for hydroxylation is 1. The van der Waals surface area contributed by atoms with Crippen molar-refractivity contribution >= 4 is 32.7 Å². The number of nitrogens with zero attached hydrogens (tertiary/aromatic N) is 2. The zero-order chi connectivity index (χ0) is 15.5. The molecule has 1 amide bonds. The van der Waals surface area contributed by atoms with Crippen molar-refractivity contribution in [2.24, 2.45) is 13.0 Å². The number of halogens is 1. The van der Waals surface area contributed by atoms with Crippen molar-refractivity contribution in [3.8, 4) is 5.88 Å². The fourth-order valence-corrected chi connectivity index (χ4v) is 2.82. The van der Waals surface area contributed by atoms with E-state index < -0.39 is 0 Å². The Kier molecular flexibility index (Phi) is 4.66. The molecule has 6 heteroatoms.